The first-order valence-electron chi connectivity index (χ1n) is 6.91. The first-order chi connectivity index (χ1) is 10.7. The standard InChI is InChI=1S/C16H19N3O2S/c1-3-15(22-16-9-5-4-6-10-16)12-14(21-13(2)20)8-7-11-18-19-17/h3-6,9-10,12,14H,1,7-8,11H2,2H3/b15-12+/t14-/m0/s1. The number of benzene rings is 1. The molecule has 0 spiro atoms. The van der Waals surface area contributed by atoms with E-state index in [1.165, 1.54) is 6.92 Å². The predicted octanol–water partition coefficient (Wildman–Crippen LogP) is 4.87. The molecule has 1 aromatic rings. The minimum atomic E-state index is -0.351. The lowest BCUT2D eigenvalue weighted by molar-refractivity contribution is -0.144. The van der Waals surface area contributed by atoms with Crippen molar-refractivity contribution in [3.05, 3.63) is 64.4 Å². The quantitative estimate of drug-likeness (QED) is 0.124. The van der Waals surface area contributed by atoms with E-state index in [0.29, 0.717) is 19.4 Å². The fraction of sp³-hybridized carbons (Fsp3) is 0.312. The Kier molecular flexibility index (Phi) is 8.57. The molecule has 0 bridgehead atoms. The Morgan fingerprint density at radius 2 is 2.23 bits per heavy atom. The van der Waals surface area contributed by atoms with Gasteiger partial charge in [-0.15, -0.1) is 0 Å². The van der Waals surface area contributed by atoms with E-state index in [4.69, 9.17) is 10.3 Å². The van der Waals surface area contributed by atoms with Gasteiger partial charge in [-0.05, 0) is 36.6 Å². The maximum absolute atomic E-state index is 11.2. The van der Waals surface area contributed by atoms with Gasteiger partial charge in [0.1, 0.15) is 6.10 Å². The molecule has 1 rings (SSSR count). The monoisotopic (exact) mass is 317 g/mol. The molecule has 0 aromatic heterocycles. The van der Waals surface area contributed by atoms with E-state index in [1.807, 2.05) is 36.4 Å². The van der Waals surface area contributed by atoms with Crippen LogP contribution in [0.25, 0.3) is 10.4 Å². The molecule has 22 heavy (non-hydrogen) atoms. The van der Waals surface area contributed by atoms with Crippen LogP contribution in [0.3, 0.4) is 0 Å². The second kappa shape index (κ2) is 10.5. The molecule has 0 N–H and O–H groups in total. The zero-order valence-electron chi connectivity index (χ0n) is 12.5. The number of allylic oxidation sites excluding steroid dienone is 1. The molecule has 0 heterocycles. The van der Waals surface area contributed by atoms with Gasteiger partial charge >= 0.3 is 5.97 Å². The third-order valence-corrected chi connectivity index (χ3v) is 3.70. The van der Waals surface area contributed by atoms with Crippen LogP contribution in [0.5, 0.6) is 0 Å². The normalized spacial score (nSPS) is 12.1. The largest absolute Gasteiger partial charge is 0.458 e. The zero-order valence-corrected chi connectivity index (χ0v) is 13.3. The number of nitrogens with zero attached hydrogens (tertiary/aromatic N) is 3. The molecule has 5 nitrogen and oxygen atoms in total. The number of hydrogen-bond acceptors (Lipinski definition) is 4. The first-order valence-corrected chi connectivity index (χ1v) is 7.72. The van der Waals surface area contributed by atoms with E-state index in [1.54, 1.807) is 17.8 Å². The molecule has 0 aliphatic rings. The molecular weight excluding hydrogens is 298 g/mol. The van der Waals surface area contributed by atoms with E-state index in [2.05, 4.69) is 16.6 Å². The third-order valence-electron chi connectivity index (χ3n) is 2.66. The van der Waals surface area contributed by atoms with Gasteiger partial charge in [0.2, 0.25) is 0 Å². The van der Waals surface area contributed by atoms with Crippen LogP contribution in [0, 0.1) is 0 Å². The Morgan fingerprint density at radius 1 is 1.50 bits per heavy atom. The van der Waals surface area contributed by atoms with Crippen molar-refractivity contribution >= 4 is 17.7 Å². The highest BCUT2D eigenvalue weighted by atomic mass is 32.2. The van der Waals surface area contributed by atoms with Gasteiger partial charge in [-0.3, -0.25) is 4.79 Å². The lowest BCUT2D eigenvalue weighted by Gasteiger charge is -2.14. The summed E-state index contributed by atoms with van der Waals surface area (Å²) in [7, 11) is 0. The van der Waals surface area contributed by atoms with Gasteiger partial charge in [-0.1, -0.05) is 47.7 Å². The fourth-order valence-electron chi connectivity index (χ4n) is 1.75. The fourth-order valence-corrected chi connectivity index (χ4v) is 2.62. The predicted molar refractivity (Wildman–Crippen MR) is 89.4 cm³/mol. The molecule has 1 atom stereocenters. The summed E-state index contributed by atoms with van der Waals surface area (Å²) in [6.45, 7) is 5.57. The summed E-state index contributed by atoms with van der Waals surface area (Å²) in [5.74, 6) is -0.335. The van der Waals surface area contributed by atoms with Crippen molar-refractivity contribution in [2.75, 3.05) is 6.54 Å². The summed E-state index contributed by atoms with van der Waals surface area (Å²) in [6, 6.07) is 9.90. The van der Waals surface area contributed by atoms with Crippen molar-refractivity contribution in [2.24, 2.45) is 5.11 Å². The van der Waals surface area contributed by atoms with Gasteiger partial charge in [0, 0.05) is 28.2 Å². The highest BCUT2D eigenvalue weighted by Crippen LogP contribution is 2.28. The Hall–Kier alpha value is -2.17. The SMILES string of the molecule is C=C/C(=C\[C@H](CCCN=[N+]=[N-])OC(C)=O)Sc1ccccc1. The molecule has 0 unspecified atom stereocenters. The molecular formula is C16H19N3O2S. The molecule has 0 aliphatic carbocycles. The number of thioether (sulfide) groups is 1. The van der Waals surface area contributed by atoms with E-state index in [0.717, 1.165) is 9.80 Å². The number of esters is 1. The molecule has 0 fully saturated rings. The van der Waals surface area contributed by atoms with Crippen LogP contribution in [0.4, 0.5) is 0 Å². The van der Waals surface area contributed by atoms with Crippen molar-refractivity contribution < 1.29 is 9.53 Å². The van der Waals surface area contributed by atoms with Gasteiger partial charge in [-0.25, -0.2) is 0 Å². The lowest BCUT2D eigenvalue weighted by atomic mass is 10.2. The van der Waals surface area contributed by atoms with Gasteiger partial charge in [-0.2, -0.15) is 0 Å². The number of ether oxygens (including phenoxy) is 1. The number of azide groups is 1. The maximum Gasteiger partial charge on any atom is 0.303 e. The highest BCUT2D eigenvalue weighted by Gasteiger charge is 2.10. The van der Waals surface area contributed by atoms with E-state index >= 15 is 0 Å². The number of rotatable bonds is 9. The van der Waals surface area contributed by atoms with Crippen LogP contribution in [0.1, 0.15) is 19.8 Å². The van der Waals surface area contributed by atoms with Gasteiger partial charge in [0.05, 0.1) is 0 Å². The van der Waals surface area contributed by atoms with Gasteiger partial charge < -0.3 is 4.74 Å². The second-order valence-electron chi connectivity index (χ2n) is 4.43. The third kappa shape index (κ3) is 7.57. The number of hydrogen-bond donors (Lipinski definition) is 0. The molecule has 0 saturated heterocycles. The zero-order chi connectivity index (χ0) is 16.2. The minimum Gasteiger partial charge on any atom is -0.458 e. The van der Waals surface area contributed by atoms with Crippen LogP contribution < -0.4 is 0 Å². The van der Waals surface area contributed by atoms with E-state index < -0.39 is 0 Å². The summed E-state index contributed by atoms with van der Waals surface area (Å²) in [6.07, 6.45) is 4.52. The Morgan fingerprint density at radius 3 is 2.82 bits per heavy atom. The van der Waals surface area contributed by atoms with Crippen LogP contribution in [-0.4, -0.2) is 18.6 Å². The maximum atomic E-state index is 11.2. The van der Waals surface area contributed by atoms with Crippen LogP contribution in [0.15, 0.2) is 64.0 Å². The minimum absolute atomic E-state index is 0.335. The topological polar surface area (TPSA) is 75.1 Å². The molecule has 0 aliphatic heterocycles. The summed E-state index contributed by atoms with van der Waals surface area (Å²) < 4.78 is 5.29. The molecule has 0 saturated carbocycles. The van der Waals surface area contributed by atoms with E-state index in [-0.39, 0.29) is 12.1 Å². The Bertz CT molecular complexity index is 566. The smallest absolute Gasteiger partial charge is 0.303 e. The van der Waals surface area contributed by atoms with Crippen molar-refractivity contribution in [3.63, 3.8) is 0 Å². The average Bonchev–Trinajstić information content (AvgIpc) is 2.51. The van der Waals surface area contributed by atoms with Crippen LogP contribution in [-0.2, 0) is 9.53 Å². The Labute approximate surface area is 134 Å². The summed E-state index contributed by atoms with van der Waals surface area (Å²) >= 11 is 1.56. The van der Waals surface area contributed by atoms with Crippen molar-refractivity contribution in [2.45, 2.75) is 30.8 Å². The van der Waals surface area contributed by atoms with E-state index in [9.17, 15) is 4.79 Å². The molecule has 0 radical (unpaired) electrons. The second-order valence-corrected chi connectivity index (χ2v) is 5.58. The molecule has 0 amide bonds. The van der Waals surface area contributed by atoms with Crippen molar-refractivity contribution in [1.29, 1.82) is 0 Å². The highest BCUT2D eigenvalue weighted by molar-refractivity contribution is 8.03. The molecule has 6 heteroatoms. The van der Waals surface area contributed by atoms with Crippen LogP contribution >= 0.6 is 11.8 Å². The summed E-state index contributed by atoms with van der Waals surface area (Å²) in [4.78, 5) is 15.9. The average molecular weight is 317 g/mol. The van der Waals surface area contributed by atoms with Gasteiger partial charge in [0.15, 0.2) is 0 Å². The van der Waals surface area contributed by atoms with Gasteiger partial charge in [0.25, 0.3) is 0 Å². The number of carbonyl (C=O) groups is 1. The lowest BCUT2D eigenvalue weighted by Crippen LogP contribution is -2.14. The number of carbonyl (C=O) groups excluding carboxylic acids is 1. The van der Waals surface area contributed by atoms with Crippen molar-refractivity contribution in [3.8, 4) is 0 Å². The first kappa shape index (κ1) is 17.9. The summed E-state index contributed by atoms with van der Waals surface area (Å²) in [5, 5.41) is 3.48. The molecule has 116 valence electrons. The summed E-state index contributed by atoms with van der Waals surface area (Å²) in [5.41, 5.74) is 8.27. The molecule has 1 aromatic carbocycles. The van der Waals surface area contributed by atoms with Crippen LogP contribution in [0.2, 0.25) is 0 Å². The Balaban J connectivity index is 2.74. The van der Waals surface area contributed by atoms with Crippen molar-refractivity contribution in [1.82, 2.24) is 0 Å².